The number of hydrogen-bond donors (Lipinski definition) is 4. The maximum Gasteiger partial charge on any atom is 0.412 e. The molecule has 0 bridgehead atoms. The van der Waals surface area contributed by atoms with Gasteiger partial charge in [0.1, 0.15) is 11.9 Å². The first-order valence-corrected chi connectivity index (χ1v) is 10.0. The quantitative estimate of drug-likeness (QED) is 0.176. The van der Waals surface area contributed by atoms with Crippen LogP contribution >= 0.6 is 38.5 Å². The summed E-state index contributed by atoms with van der Waals surface area (Å²) in [6.07, 6.45) is 1.02. The van der Waals surface area contributed by atoms with Gasteiger partial charge in [-0.3, -0.25) is 15.3 Å². The van der Waals surface area contributed by atoms with Gasteiger partial charge in [0, 0.05) is 31.3 Å². The summed E-state index contributed by atoms with van der Waals surface area (Å²) in [7, 11) is 0. The minimum Gasteiger partial charge on any atom is -0.508 e. The van der Waals surface area contributed by atoms with E-state index in [0.717, 1.165) is 14.1 Å². The average molecular weight is 561 g/mol. The Morgan fingerprint density at radius 1 is 1.21 bits per heavy atom. The van der Waals surface area contributed by atoms with Crippen LogP contribution in [0.25, 0.3) is 0 Å². The molecule has 0 radical (unpaired) electrons. The van der Waals surface area contributed by atoms with Gasteiger partial charge in [0.2, 0.25) is 0 Å². The van der Waals surface area contributed by atoms with E-state index in [1.807, 2.05) is 0 Å². The van der Waals surface area contributed by atoms with Crippen LogP contribution in [0.15, 0.2) is 59.1 Å². The second-order valence-electron chi connectivity index (χ2n) is 5.86. The Morgan fingerprint density at radius 3 is 2.54 bits per heavy atom. The van der Waals surface area contributed by atoms with Gasteiger partial charge >= 0.3 is 6.09 Å². The summed E-state index contributed by atoms with van der Waals surface area (Å²) in [5.41, 5.74) is 2.44. The number of ether oxygens (including phenoxy) is 1. The van der Waals surface area contributed by atoms with E-state index >= 15 is 0 Å². The summed E-state index contributed by atoms with van der Waals surface area (Å²) in [4.78, 5) is 23.7. The highest BCUT2D eigenvalue weighted by molar-refractivity contribution is 14.1. The average Bonchev–Trinajstić information content (AvgIpc) is 2.67. The molecule has 4 N–H and O–H groups in total. The largest absolute Gasteiger partial charge is 0.508 e. The van der Waals surface area contributed by atoms with Gasteiger partial charge in [-0.25, -0.2) is 10.3 Å². The fourth-order valence-corrected chi connectivity index (χ4v) is 3.16. The van der Waals surface area contributed by atoms with E-state index in [-0.39, 0.29) is 5.75 Å². The van der Waals surface area contributed by atoms with Gasteiger partial charge < -0.3 is 9.84 Å². The molecule has 0 unspecified atom stereocenters. The van der Waals surface area contributed by atoms with Crippen molar-refractivity contribution in [2.45, 2.75) is 13.0 Å². The molecule has 28 heavy (non-hydrogen) atoms. The Morgan fingerprint density at radius 2 is 1.89 bits per heavy atom. The summed E-state index contributed by atoms with van der Waals surface area (Å²) in [5.74, 6) is -1.22. The first-order valence-electron chi connectivity index (χ1n) is 8.14. The van der Waals surface area contributed by atoms with Crippen molar-refractivity contribution in [2.75, 3.05) is 5.32 Å². The van der Waals surface area contributed by atoms with Gasteiger partial charge in [-0.15, -0.1) is 0 Å². The topological polar surface area (TPSA) is 108 Å². The number of amides is 2. The van der Waals surface area contributed by atoms with Gasteiger partial charge in [-0.2, -0.15) is 0 Å². The Hall–Kier alpha value is -2.11. The molecule has 2 amide bonds. The highest BCUT2D eigenvalue weighted by Crippen LogP contribution is 2.34. The standard InChI is InChI=1S/C19H18BrIN2O5/c1-11(2-9-17(25)23-27)18(15-10-13(21)5-8-16(15)24)28-19(26)22-14-6-3-12(20)4-7-14/h2-11,18,24,27H,1H3,(H,22,26)(H,23,25)/b9-2+/t11-,18-/m1/s1. The van der Waals surface area contributed by atoms with Gasteiger partial charge in [0.15, 0.2) is 0 Å². The molecule has 0 aliphatic carbocycles. The van der Waals surface area contributed by atoms with Crippen molar-refractivity contribution in [1.29, 1.82) is 0 Å². The first-order chi connectivity index (χ1) is 13.3. The lowest BCUT2D eigenvalue weighted by molar-refractivity contribution is -0.124. The van der Waals surface area contributed by atoms with Crippen LogP contribution in [0.4, 0.5) is 10.5 Å². The van der Waals surface area contributed by atoms with Crippen molar-refractivity contribution in [1.82, 2.24) is 5.48 Å². The minimum absolute atomic E-state index is 0.0336. The number of halogens is 2. The van der Waals surface area contributed by atoms with E-state index in [1.165, 1.54) is 17.6 Å². The predicted octanol–water partition coefficient (Wildman–Crippen LogP) is 4.75. The second-order valence-corrected chi connectivity index (χ2v) is 8.02. The summed E-state index contributed by atoms with van der Waals surface area (Å²) < 4.78 is 7.28. The smallest absolute Gasteiger partial charge is 0.412 e. The third kappa shape index (κ3) is 6.50. The number of benzene rings is 2. The third-order valence-corrected chi connectivity index (χ3v) is 4.96. The van der Waals surface area contributed by atoms with Crippen LogP contribution < -0.4 is 10.8 Å². The number of aromatic hydroxyl groups is 1. The molecule has 0 aliphatic rings. The summed E-state index contributed by atoms with van der Waals surface area (Å²) in [6.45, 7) is 1.72. The van der Waals surface area contributed by atoms with Crippen LogP contribution in [-0.4, -0.2) is 22.3 Å². The number of carbonyl (C=O) groups excluding carboxylic acids is 2. The number of carbonyl (C=O) groups is 2. The lowest BCUT2D eigenvalue weighted by Gasteiger charge is -2.23. The lowest BCUT2D eigenvalue weighted by Crippen LogP contribution is -2.22. The second kappa shape index (κ2) is 10.4. The van der Waals surface area contributed by atoms with Crippen molar-refractivity contribution in [2.24, 2.45) is 5.92 Å². The number of phenolic OH excluding ortho intramolecular Hbond substituents is 1. The van der Waals surface area contributed by atoms with E-state index in [4.69, 9.17) is 9.94 Å². The summed E-state index contributed by atoms with van der Waals surface area (Å²) in [5, 5.41) is 21.5. The Kier molecular flexibility index (Phi) is 8.27. The molecule has 0 heterocycles. The molecule has 0 aromatic heterocycles. The molecule has 0 spiro atoms. The minimum atomic E-state index is -0.868. The van der Waals surface area contributed by atoms with Crippen LogP contribution in [0.2, 0.25) is 0 Å². The van der Waals surface area contributed by atoms with E-state index < -0.39 is 24.0 Å². The number of anilines is 1. The van der Waals surface area contributed by atoms with Crippen molar-refractivity contribution >= 4 is 56.2 Å². The van der Waals surface area contributed by atoms with Gasteiger partial charge in [-0.05, 0) is 65.1 Å². The van der Waals surface area contributed by atoms with Crippen molar-refractivity contribution < 1.29 is 24.6 Å². The van der Waals surface area contributed by atoms with Crippen LogP contribution in [0.1, 0.15) is 18.6 Å². The Balaban J connectivity index is 2.25. The van der Waals surface area contributed by atoms with Crippen LogP contribution in [0.5, 0.6) is 5.75 Å². The summed E-state index contributed by atoms with van der Waals surface area (Å²) >= 11 is 5.41. The zero-order valence-corrected chi connectivity index (χ0v) is 18.5. The molecule has 2 aromatic carbocycles. The molecule has 2 rings (SSSR count). The molecule has 2 aromatic rings. The summed E-state index contributed by atoms with van der Waals surface area (Å²) in [6, 6.07) is 11.9. The van der Waals surface area contributed by atoms with E-state index in [1.54, 1.807) is 43.3 Å². The van der Waals surface area contributed by atoms with E-state index in [0.29, 0.717) is 11.3 Å². The van der Waals surface area contributed by atoms with E-state index in [9.17, 15) is 14.7 Å². The van der Waals surface area contributed by atoms with Crippen LogP contribution in [0, 0.1) is 9.49 Å². The molecule has 0 saturated heterocycles. The van der Waals surface area contributed by atoms with Gasteiger partial charge in [0.05, 0.1) is 0 Å². The van der Waals surface area contributed by atoms with Crippen molar-refractivity contribution in [3.8, 4) is 5.75 Å². The molecule has 9 heteroatoms. The molecule has 7 nitrogen and oxygen atoms in total. The maximum absolute atomic E-state index is 12.4. The zero-order chi connectivity index (χ0) is 20.7. The molecule has 0 fully saturated rings. The monoisotopic (exact) mass is 560 g/mol. The van der Waals surface area contributed by atoms with Gasteiger partial charge in [0.25, 0.3) is 5.91 Å². The molecule has 0 saturated carbocycles. The number of rotatable bonds is 6. The normalized spacial score (nSPS) is 13.0. The van der Waals surface area contributed by atoms with E-state index in [2.05, 4.69) is 43.8 Å². The zero-order valence-electron chi connectivity index (χ0n) is 14.7. The van der Waals surface area contributed by atoms with Crippen molar-refractivity contribution in [3.63, 3.8) is 0 Å². The first kappa shape index (κ1) is 22.2. The SMILES string of the molecule is C[C@H](/C=C/C(=O)NO)[C@@H](OC(=O)Nc1ccc(Br)cc1)c1cc(I)ccc1O. The maximum atomic E-state index is 12.4. The van der Waals surface area contributed by atoms with Crippen LogP contribution in [-0.2, 0) is 9.53 Å². The highest BCUT2D eigenvalue weighted by atomic mass is 127. The number of hydroxylamine groups is 1. The third-order valence-electron chi connectivity index (χ3n) is 3.76. The molecule has 2 atom stereocenters. The van der Waals surface area contributed by atoms with Crippen molar-refractivity contribution in [3.05, 3.63) is 68.2 Å². The Labute approximate surface area is 184 Å². The molecule has 0 aliphatic heterocycles. The molecule has 148 valence electrons. The lowest BCUT2D eigenvalue weighted by atomic mass is 9.96. The number of nitrogens with one attached hydrogen (secondary N) is 2. The Bertz CT molecular complexity index is 873. The molecular formula is C19H18BrIN2O5. The highest BCUT2D eigenvalue weighted by Gasteiger charge is 2.25. The number of hydrogen-bond acceptors (Lipinski definition) is 5. The molecular weight excluding hydrogens is 543 g/mol. The predicted molar refractivity (Wildman–Crippen MR) is 116 cm³/mol. The fourth-order valence-electron chi connectivity index (χ4n) is 2.38. The number of phenols is 1. The fraction of sp³-hybridized carbons (Fsp3) is 0.158. The van der Waals surface area contributed by atoms with Crippen LogP contribution in [0.3, 0.4) is 0 Å². The van der Waals surface area contributed by atoms with Gasteiger partial charge in [-0.1, -0.05) is 28.9 Å².